The van der Waals surface area contributed by atoms with Crippen LogP contribution in [0, 0.1) is 11.8 Å². The minimum atomic E-state index is 0.00356. The lowest BCUT2D eigenvalue weighted by atomic mass is 9.81. The third-order valence-corrected chi connectivity index (χ3v) is 5.44. The fraction of sp³-hybridized carbons (Fsp3) is 0.875. The largest absolute Gasteiger partial charge is 0.465 e. The molecule has 2 nitrogen and oxygen atoms in total. The third kappa shape index (κ3) is 1.43. The van der Waals surface area contributed by atoms with Crippen LogP contribution in [-0.2, 0) is 9.53 Å². The number of carbonyl (C=O) groups excluding carboxylic acids is 1. The van der Waals surface area contributed by atoms with Crippen LogP contribution in [0.25, 0.3) is 0 Å². The molecule has 0 unspecified atom stereocenters. The van der Waals surface area contributed by atoms with Gasteiger partial charge in [0.15, 0.2) is 0 Å². The van der Waals surface area contributed by atoms with Crippen LogP contribution in [-0.4, -0.2) is 22.2 Å². The first kappa shape index (κ1) is 9.00. The van der Waals surface area contributed by atoms with E-state index in [0.29, 0.717) is 22.2 Å². The van der Waals surface area contributed by atoms with Crippen molar-refractivity contribution in [1.82, 2.24) is 0 Å². The van der Waals surface area contributed by atoms with E-state index in [0.717, 1.165) is 12.8 Å². The Hall–Kier alpha value is 0.430. The topological polar surface area (TPSA) is 26.3 Å². The van der Waals surface area contributed by atoms with E-state index in [1.54, 1.807) is 0 Å². The van der Waals surface area contributed by atoms with Crippen molar-refractivity contribution in [3.05, 3.63) is 0 Å². The maximum absolute atomic E-state index is 11.2. The average Bonchev–Trinajstić information content (AvgIpc) is 2.35. The number of fused-ring (bicyclic) bond motifs is 1. The summed E-state index contributed by atoms with van der Waals surface area (Å²) in [7, 11) is 0. The highest BCUT2D eigenvalue weighted by Gasteiger charge is 2.43. The van der Waals surface area contributed by atoms with Crippen LogP contribution in [0.2, 0.25) is 0 Å². The zero-order valence-electron chi connectivity index (χ0n) is 6.50. The quantitative estimate of drug-likeness (QED) is 0.506. The van der Waals surface area contributed by atoms with Crippen molar-refractivity contribution in [1.29, 1.82) is 0 Å². The second kappa shape index (κ2) is 3.29. The first-order valence-corrected chi connectivity index (χ1v) is 5.96. The van der Waals surface area contributed by atoms with Crippen molar-refractivity contribution < 1.29 is 9.53 Å². The zero-order chi connectivity index (χ0) is 8.72. The van der Waals surface area contributed by atoms with Crippen molar-refractivity contribution in [2.75, 3.05) is 6.61 Å². The lowest BCUT2D eigenvalue weighted by Gasteiger charge is -2.29. The van der Waals surface area contributed by atoms with Gasteiger partial charge in [-0.3, -0.25) is 4.79 Å². The Balaban J connectivity index is 2.09. The van der Waals surface area contributed by atoms with Gasteiger partial charge in [-0.1, -0.05) is 31.9 Å². The molecule has 0 aromatic heterocycles. The first-order valence-electron chi connectivity index (χ1n) is 4.13. The van der Waals surface area contributed by atoms with Crippen LogP contribution in [0.5, 0.6) is 0 Å². The van der Waals surface area contributed by atoms with Gasteiger partial charge in [0.05, 0.1) is 12.5 Å². The van der Waals surface area contributed by atoms with Crippen molar-refractivity contribution in [2.24, 2.45) is 11.8 Å². The Morgan fingerprint density at radius 3 is 2.67 bits per heavy atom. The highest BCUT2D eigenvalue weighted by atomic mass is 79.9. The van der Waals surface area contributed by atoms with E-state index in [9.17, 15) is 4.79 Å². The van der Waals surface area contributed by atoms with Crippen LogP contribution in [0.15, 0.2) is 0 Å². The molecule has 1 saturated heterocycles. The molecule has 0 aromatic rings. The van der Waals surface area contributed by atoms with E-state index < -0.39 is 0 Å². The molecule has 1 aliphatic carbocycles. The Bertz CT molecular complexity index is 207. The van der Waals surface area contributed by atoms with Crippen molar-refractivity contribution in [3.63, 3.8) is 0 Å². The summed E-state index contributed by atoms with van der Waals surface area (Å²) in [5.41, 5.74) is 0. The fourth-order valence-corrected chi connectivity index (χ4v) is 3.27. The highest BCUT2D eigenvalue weighted by molar-refractivity contribution is 9.12. The molecule has 0 amide bonds. The van der Waals surface area contributed by atoms with Gasteiger partial charge < -0.3 is 4.74 Å². The summed E-state index contributed by atoms with van der Waals surface area (Å²) >= 11 is 7.16. The Morgan fingerprint density at radius 2 is 1.92 bits per heavy atom. The number of esters is 1. The molecule has 0 spiro atoms. The minimum Gasteiger partial charge on any atom is -0.465 e. The lowest BCUT2D eigenvalue weighted by Crippen LogP contribution is -2.33. The summed E-state index contributed by atoms with van der Waals surface area (Å²) in [5, 5.41) is 0. The Labute approximate surface area is 88.3 Å². The van der Waals surface area contributed by atoms with Crippen molar-refractivity contribution in [2.45, 2.75) is 22.5 Å². The number of alkyl halides is 2. The van der Waals surface area contributed by atoms with Crippen molar-refractivity contribution >= 4 is 37.8 Å². The number of rotatable bonds is 0. The van der Waals surface area contributed by atoms with Crippen LogP contribution in [0.1, 0.15) is 12.8 Å². The van der Waals surface area contributed by atoms with Gasteiger partial charge in [0.1, 0.15) is 0 Å². The van der Waals surface area contributed by atoms with Gasteiger partial charge in [0, 0.05) is 15.6 Å². The Kier molecular flexibility index (Phi) is 2.47. The number of ether oxygens (including phenoxy) is 1. The first-order chi connectivity index (χ1) is 5.68. The van der Waals surface area contributed by atoms with Gasteiger partial charge in [-0.25, -0.2) is 0 Å². The predicted octanol–water partition coefficient (Wildman–Crippen LogP) is 2.10. The third-order valence-electron chi connectivity index (χ3n) is 2.71. The molecule has 1 saturated carbocycles. The Morgan fingerprint density at radius 1 is 1.25 bits per heavy atom. The van der Waals surface area contributed by atoms with Crippen LogP contribution in [0.3, 0.4) is 0 Å². The summed E-state index contributed by atoms with van der Waals surface area (Å²) < 4.78 is 5.02. The molecule has 68 valence electrons. The van der Waals surface area contributed by atoms with Crippen molar-refractivity contribution in [3.8, 4) is 0 Å². The molecule has 0 aromatic carbocycles. The summed E-state index contributed by atoms with van der Waals surface area (Å²) in [4.78, 5) is 12.1. The van der Waals surface area contributed by atoms with Crippen LogP contribution >= 0.6 is 31.9 Å². The minimum absolute atomic E-state index is 0.00356. The number of carbonyl (C=O) groups is 1. The molecule has 0 N–H and O–H groups in total. The molecule has 2 rings (SSSR count). The van der Waals surface area contributed by atoms with Gasteiger partial charge in [0.25, 0.3) is 0 Å². The van der Waals surface area contributed by atoms with E-state index in [1.807, 2.05) is 0 Å². The van der Waals surface area contributed by atoms with E-state index in [-0.39, 0.29) is 11.9 Å². The molecular formula is C8H10Br2O2. The second-order valence-corrected chi connectivity index (χ2v) is 5.85. The molecule has 1 aliphatic heterocycles. The van der Waals surface area contributed by atoms with Gasteiger partial charge in [-0.15, -0.1) is 0 Å². The summed E-state index contributed by atoms with van der Waals surface area (Å²) in [6, 6.07) is 0. The summed E-state index contributed by atoms with van der Waals surface area (Å²) in [5.74, 6) is 0.614. The monoisotopic (exact) mass is 296 g/mol. The predicted molar refractivity (Wildman–Crippen MR) is 52.6 cm³/mol. The molecule has 4 heteroatoms. The molecule has 0 bridgehead atoms. The number of hydrogen-bond acceptors (Lipinski definition) is 2. The van der Waals surface area contributed by atoms with Gasteiger partial charge >= 0.3 is 5.97 Å². The number of hydrogen-bond donors (Lipinski definition) is 0. The second-order valence-electron chi connectivity index (χ2n) is 3.50. The van der Waals surface area contributed by atoms with Gasteiger partial charge in [0.2, 0.25) is 0 Å². The van der Waals surface area contributed by atoms with Gasteiger partial charge in [-0.05, 0) is 12.8 Å². The molecule has 2 fully saturated rings. The molecule has 1 heterocycles. The maximum Gasteiger partial charge on any atom is 0.309 e. The highest BCUT2D eigenvalue weighted by Crippen LogP contribution is 2.41. The number of cyclic esters (lactones) is 1. The standard InChI is InChI=1S/C8H10Br2O2/c9-6-1-4-3-12-8(11)5(4)2-7(6)10/h4-7H,1-3H2/t4-,5-,6+,7+/m0/s1. The van der Waals surface area contributed by atoms with Gasteiger partial charge in [-0.2, -0.15) is 0 Å². The normalized spacial score (nSPS) is 47.0. The number of halogens is 2. The van der Waals surface area contributed by atoms with E-state index >= 15 is 0 Å². The zero-order valence-corrected chi connectivity index (χ0v) is 9.68. The van der Waals surface area contributed by atoms with E-state index in [2.05, 4.69) is 31.9 Å². The molecule has 2 aliphatic rings. The lowest BCUT2D eigenvalue weighted by molar-refractivity contribution is -0.141. The summed E-state index contributed by atoms with van der Waals surface area (Å²) in [6.45, 7) is 0.630. The van der Waals surface area contributed by atoms with E-state index in [1.165, 1.54) is 0 Å². The molecule has 12 heavy (non-hydrogen) atoms. The smallest absolute Gasteiger partial charge is 0.309 e. The molecule has 0 radical (unpaired) electrons. The van der Waals surface area contributed by atoms with Crippen LogP contribution < -0.4 is 0 Å². The van der Waals surface area contributed by atoms with E-state index in [4.69, 9.17) is 4.74 Å². The fourth-order valence-electron chi connectivity index (χ4n) is 1.95. The average molecular weight is 298 g/mol. The summed E-state index contributed by atoms with van der Waals surface area (Å²) in [6.07, 6.45) is 1.96. The molecular weight excluding hydrogens is 288 g/mol. The van der Waals surface area contributed by atoms with Crippen LogP contribution in [0.4, 0.5) is 0 Å². The SMILES string of the molecule is O=C1OC[C@@H]2C[C@@H](Br)[C@H](Br)C[C@H]12. The maximum atomic E-state index is 11.2. The molecule has 4 atom stereocenters.